The first kappa shape index (κ1) is 19.9. The van der Waals surface area contributed by atoms with E-state index in [2.05, 4.69) is 15.5 Å². The lowest BCUT2D eigenvalue weighted by Crippen LogP contribution is -2.17. The number of hydrogen-bond donors (Lipinski definition) is 1. The molecule has 6 nitrogen and oxygen atoms in total. The van der Waals surface area contributed by atoms with Gasteiger partial charge in [-0.25, -0.2) is 10.4 Å². The second kappa shape index (κ2) is 8.86. The number of ether oxygens (including phenoxy) is 2. The van der Waals surface area contributed by atoms with E-state index >= 15 is 0 Å². The predicted molar refractivity (Wildman–Crippen MR) is 112 cm³/mol. The van der Waals surface area contributed by atoms with Crippen molar-refractivity contribution in [2.75, 3.05) is 14.2 Å². The molecule has 3 rings (SSSR count). The zero-order valence-corrected chi connectivity index (χ0v) is 17.1. The molecule has 1 amide bonds. The zero-order valence-electron chi connectivity index (χ0n) is 15.5. The van der Waals surface area contributed by atoms with Crippen molar-refractivity contribution in [3.63, 3.8) is 0 Å². The van der Waals surface area contributed by atoms with E-state index in [1.807, 2.05) is 30.3 Å². The zero-order chi connectivity index (χ0) is 20.1. The summed E-state index contributed by atoms with van der Waals surface area (Å²) in [5.41, 5.74) is 4.74. The van der Waals surface area contributed by atoms with Crippen molar-refractivity contribution in [1.29, 1.82) is 0 Å². The Labute approximate surface area is 171 Å². The van der Waals surface area contributed by atoms with E-state index < -0.39 is 0 Å². The first-order valence-corrected chi connectivity index (χ1v) is 9.50. The highest BCUT2D eigenvalue weighted by molar-refractivity contribution is 7.17. The summed E-state index contributed by atoms with van der Waals surface area (Å²) in [6, 6.07) is 12.7. The molecule has 8 heteroatoms. The molecule has 1 N–H and O–H groups in total. The first-order valence-electron chi connectivity index (χ1n) is 8.30. The number of carbonyl (C=O) groups excluding carboxylic acids is 1. The summed E-state index contributed by atoms with van der Waals surface area (Å²) < 4.78 is 10.5. The van der Waals surface area contributed by atoms with Crippen LogP contribution in [0.4, 0.5) is 0 Å². The Hall–Kier alpha value is -2.90. The summed E-state index contributed by atoms with van der Waals surface area (Å²) >= 11 is 7.28. The summed E-state index contributed by atoms with van der Waals surface area (Å²) in [5, 5.41) is 5.26. The third-order valence-corrected chi connectivity index (χ3v) is 5.29. The Kier molecular flexibility index (Phi) is 6.28. The molecule has 0 bridgehead atoms. The van der Waals surface area contributed by atoms with Gasteiger partial charge in [-0.2, -0.15) is 5.10 Å². The molecule has 0 radical (unpaired) electrons. The lowest BCUT2D eigenvalue weighted by atomic mass is 10.2. The van der Waals surface area contributed by atoms with Gasteiger partial charge in [0.1, 0.15) is 21.4 Å². The lowest BCUT2D eigenvalue weighted by Gasteiger charge is -2.05. The van der Waals surface area contributed by atoms with Crippen LogP contribution in [0.25, 0.3) is 10.6 Å². The number of aryl methyl sites for hydroxylation is 1. The van der Waals surface area contributed by atoms with Crippen molar-refractivity contribution >= 4 is 35.1 Å². The van der Waals surface area contributed by atoms with Crippen LogP contribution in [0.2, 0.25) is 5.02 Å². The second-order valence-electron chi connectivity index (χ2n) is 5.75. The molecule has 1 aromatic heterocycles. The fourth-order valence-corrected chi connectivity index (χ4v) is 3.65. The number of hydrogen-bond acceptors (Lipinski definition) is 6. The number of methoxy groups -OCH3 is 2. The standard InChI is InChI=1S/C20H18ClN3O3S/c1-12-18(19(25)24-22-11-13-5-4-6-15(9-13)26-2)28-20(23-12)16-8-7-14(21)10-17(16)27-3/h4-11H,1-3H3,(H,24,25)/b22-11+. The third kappa shape index (κ3) is 4.49. The van der Waals surface area contributed by atoms with Crippen LogP contribution in [0.5, 0.6) is 11.5 Å². The first-order chi connectivity index (χ1) is 13.5. The van der Waals surface area contributed by atoms with Crippen LogP contribution in [0.3, 0.4) is 0 Å². The topological polar surface area (TPSA) is 72.8 Å². The van der Waals surface area contributed by atoms with Gasteiger partial charge in [-0.05, 0) is 42.8 Å². The van der Waals surface area contributed by atoms with E-state index in [9.17, 15) is 4.79 Å². The molecule has 0 saturated carbocycles. The highest BCUT2D eigenvalue weighted by Gasteiger charge is 2.18. The van der Waals surface area contributed by atoms with Gasteiger partial charge in [0.15, 0.2) is 0 Å². The van der Waals surface area contributed by atoms with Gasteiger partial charge >= 0.3 is 0 Å². The summed E-state index contributed by atoms with van der Waals surface area (Å²) in [5.74, 6) is 0.993. The largest absolute Gasteiger partial charge is 0.497 e. The molecule has 0 saturated heterocycles. The molecule has 3 aromatic rings. The number of halogens is 1. The fraction of sp³-hybridized carbons (Fsp3) is 0.150. The highest BCUT2D eigenvalue weighted by Crippen LogP contribution is 2.36. The number of amides is 1. The number of hydrazone groups is 1. The monoisotopic (exact) mass is 415 g/mol. The number of nitrogens with one attached hydrogen (secondary N) is 1. The van der Waals surface area contributed by atoms with E-state index in [1.165, 1.54) is 11.3 Å². The van der Waals surface area contributed by atoms with Gasteiger partial charge in [0, 0.05) is 5.02 Å². The van der Waals surface area contributed by atoms with Gasteiger partial charge < -0.3 is 9.47 Å². The van der Waals surface area contributed by atoms with Crippen LogP contribution >= 0.6 is 22.9 Å². The Morgan fingerprint density at radius 3 is 2.79 bits per heavy atom. The van der Waals surface area contributed by atoms with Crippen molar-refractivity contribution in [2.24, 2.45) is 5.10 Å². The molecule has 28 heavy (non-hydrogen) atoms. The summed E-state index contributed by atoms with van der Waals surface area (Å²) in [6.07, 6.45) is 1.56. The molecule has 144 valence electrons. The smallest absolute Gasteiger partial charge is 0.283 e. The van der Waals surface area contributed by atoms with Crippen molar-refractivity contribution < 1.29 is 14.3 Å². The Bertz CT molecular complexity index is 1030. The molecule has 0 spiro atoms. The van der Waals surface area contributed by atoms with Gasteiger partial charge in [0.05, 0.1) is 31.7 Å². The van der Waals surface area contributed by atoms with Crippen LogP contribution in [0.1, 0.15) is 20.9 Å². The van der Waals surface area contributed by atoms with Crippen LogP contribution in [0.15, 0.2) is 47.6 Å². The minimum Gasteiger partial charge on any atom is -0.497 e. The number of nitrogens with zero attached hydrogens (tertiary/aromatic N) is 2. The maximum Gasteiger partial charge on any atom is 0.283 e. The Morgan fingerprint density at radius 1 is 1.21 bits per heavy atom. The van der Waals surface area contributed by atoms with E-state index in [4.69, 9.17) is 21.1 Å². The van der Waals surface area contributed by atoms with Crippen LogP contribution < -0.4 is 14.9 Å². The molecule has 0 aliphatic rings. The van der Waals surface area contributed by atoms with Gasteiger partial charge in [-0.15, -0.1) is 11.3 Å². The minimum atomic E-state index is -0.326. The molecule has 0 fully saturated rings. The van der Waals surface area contributed by atoms with Crippen LogP contribution in [0, 0.1) is 6.92 Å². The van der Waals surface area contributed by atoms with E-state index in [0.717, 1.165) is 16.9 Å². The van der Waals surface area contributed by atoms with Crippen molar-refractivity contribution in [1.82, 2.24) is 10.4 Å². The molecular weight excluding hydrogens is 398 g/mol. The van der Waals surface area contributed by atoms with E-state index in [-0.39, 0.29) is 5.91 Å². The fourth-order valence-electron chi connectivity index (χ4n) is 2.50. The third-order valence-electron chi connectivity index (χ3n) is 3.87. The molecule has 2 aromatic carbocycles. The SMILES string of the molecule is COc1cccc(/C=N/NC(=O)c2sc(-c3ccc(Cl)cc3OC)nc2C)c1. The maximum absolute atomic E-state index is 12.5. The average Bonchev–Trinajstić information content (AvgIpc) is 3.09. The van der Waals surface area contributed by atoms with Crippen LogP contribution in [-0.2, 0) is 0 Å². The number of carbonyl (C=O) groups is 1. The normalized spacial score (nSPS) is 10.9. The average molecular weight is 416 g/mol. The van der Waals surface area contributed by atoms with Crippen molar-refractivity contribution in [3.05, 3.63) is 63.6 Å². The van der Waals surface area contributed by atoms with Gasteiger partial charge in [-0.1, -0.05) is 23.7 Å². The molecule has 0 aliphatic heterocycles. The quantitative estimate of drug-likeness (QED) is 0.473. The predicted octanol–water partition coefficient (Wildman–Crippen LogP) is 4.55. The minimum absolute atomic E-state index is 0.326. The molecule has 0 atom stereocenters. The summed E-state index contributed by atoms with van der Waals surface area (Å²) in [4.78, 5) is 17.5. The molecule has 0 aliphatic carbocycles. The maximum atomic E-state index is 12.5. The molecule has 0 unspecified atom stereocenters. The summed E-state index contributed by atoms with van der Waals surface area (Å²) in [7, 11) is 3.16. The van der Waals surface area contributed by atoms with Crippen molar-refractivity contribution in [2.45, 2.75) is 6.92 Å². The van der Waals surface area contributed by atoms with Crippen LogP contribution in [-0.4, -0.2) is 31.3 Å². The number of aromatic nitrogens is 1. The summed E-state index contributed by atoms with van der Waals surface area (Å²) in [6.45, 7) is 1.78. The second-order valence-corrected chi connectivity index (χ2v) is 7.19. The van der Waals surface area contributed by atoms with Gasteiger partial charge in [-0.3, -0.25) is 4.79 Å². The van der Waals surface area contributed by atoms with E-state index in [0.29, 0.717) is 26.4 Å². The van der Waals surface area contributed by atoms with Gasteiger partial charge in [0.25, 0.3) is 5.91 Å². The van der Waals surface area contributed by atoms with E-state index in [1.54, 1.807) is 39.5 Å². The van der Waals surface area contributed by atoms with Crippen molar-refractivity contribution in [3.8, 4) is 22.1 Å². The Morgan fingerprint density at radius 2 is 2.04 bits per heavy atom. The number of benzene rings is 2. The number of thiazole rings is 1. The Balaban J connectivity index is 1.77. The number of rotatable bonds is 6. The van der Waals surface area contributed by atoms with Gasteiger partial charge in [0.2, 0.25) is 0 Å². The highest BCUT2D eigenvalue weighted by atomic mass is 35.5. The lowest BCUT2D eigenvalue weighted by molar-refractivity contribution is 0.0958. The molecular formula is C20H18ClN3O3S. The molecule has 1 heterocycles.